The van der Waals surface area contributed by atoms with Gasteiger partial charge in [-0.25, -0.2) is 8.42 Å². The highest BCUT2D eigenvalue weighted by atomic mass is 32.2. The zero-order chi connectivity index (χ0) is 19.0. The number of benzene rings is 2. The van der Waals surface area contributed by atoms with Gasteiger partial charge in [-0.05, 0) is 24.1 Å². The van der Waals surface area contributed by atoms with E-state index in [2.05, 4.69) is 10.6 Å². The minimum atomic E-state index is -3.61. The predicted octanol–water partition coefficient (Wildman–Crippen LogP) is 2.38. The molecule has 0 aliphatic heterocycles. The van der Waals surface area contributed by atoms with Crippen molar-refractivity contribution in [3.63, 3.8) is 0 Å². The van der Waals surface area contributed by atoms with Crippen molar-refractivity contribution >= 4 is 27.3 Å². The topological polar surface area (TPSA) is 92.3 Å². The number of hydrogen-bond acceptors (Lipinski definition) is 4. The largest absolute Gasteiger partial charge is 0.352 e. The van der Waals surface area contributed by atoms with Gasteiger partial charge in [0.25, 0.3) is 5.91 Å². The Hall–Kier alpha value is -2.67. The Morgan fingerprint density at radius 1 is 0.962 bits per heavy atom. The van der Waals surface area contributed by atoms with E-state index in [4.69, 9.17) is 0 Å². The maximum Gasteiger partial charge on any atom is 0.253 e. The normalized spacial score (nSPS) is 11.0. The molecule has 2 aromatic rings. The molecule has 0 unspecified atom stereocenters. The van der Waals surface area contributed by atoms with E-state index in [0.29, 0.717) is 23.4 Å². The standard InChI is InChI=1S/C19H22N2O4S/c1-2-12-20-19(23)16-10-6-7-11-17(16)21-18(22)14-26(24,25)13-15-8-4-3-5-9-15/h3-11H,2,12-14H2,1H3,(H,20,23)(H,21,22). The molecular formula is C19H22N2O4S. The lowest BCUT2D eigenvalue weighted by molar-refractivity contribution is -0.113. The van der Waals surface area contributed by atoms with E-state index < -0.39 is 21.5 Å². The second-order valence-electron chi connectivity index (χ2n) is 5.87. The number of rotatable bonds is 8. The summed E-state index contributed by atoms with van der Waals surface area (Å²) in [5.74, 6) is -1.83. The summed E-state index contributed by atoms with van der Waals surface area (Å²) in [7, 11) is -3.61. The van der Waals surface area contributed by atoms with E-state index in [1.165, 1.54) is 0 Å². The molecule has 6 nitrogen and oxygen atoms in total. The van der Waals surface area contributed by atoms with Crippen LogP contribution in [0, 0.1) is 0 Å². The number of carbonyl (C=O) groups is 2. The van der Waals surface area contributed by atoms with Crippen molar-refractivity contribution in [1.29, 1.82) is 0 Å². The maximum atomic E-state index is 12.2. The molecule has 138 valence electrons. The molecule has 0 aliphatic rings. The van der Waals surface area contributed by atoms with E-state index in [0.717, 1.165) is 6.42 Å². The van der Waals surface area contributed by atoms with Crippen LogP contribution in [0.25, 0.3) is 0 Å². The van der Waals surface area contributed by atoms with E-state index in [-0.39, 0.29) is 11.7 Å². The lowest BCUT2D eigenvalue weighted by atomic mass is 10.1. The molecule has 2 N–H and O–H groups in total. The first kappa shape index (κ1) is 19.7. The number of para-hydroxylation sites is 1. The molecule has 0 saturated carbocycles. The average Bonchev–Trinajstić information content (AvgIpc) is 2.60. The molecule has 7 heteroatoms. The molecule has 0 aromatic heterocycles. The summed E-state index contributed by atoms with van der Waals surface area (Å²) in [6.07, 6.45) is 0.790. The lowest BCUT2D eigenvalue weighted by Crippen LogP contribution is -2.28. The molecule has 0 radical (unpaired) electrons. The summed E-state index contributed by atoms with van der Waals surface area (Å²) in [5.41, 5.74) is 1.22. The van der Waals surface area contributed by atoms with Gasteiger partial charge in [-0.2, -0.15) is 0 Å². The first-order chi connectivity index (χ1) is 12.4. The Kier molecular flexibility index (Phi) is 6.91. The van der Waals surface area contributed by atoms with Gasteiger partial charge in [-0.1, -0.05) is 49.4 Å². The molecule has 0 atom stereocenters. The molecule has 2 rings (SSSR count). The monoisotopic (exact) mass is 374 g/mol. The summed E-state index contributed by atoms with van der Waals surface area (Å²) in [5, 5.41) is 5.27. The van der Waals surface area contributed by atoms with Gasteiger partial charge in [0.05, 0.1) is 17.0 Å². The van der Waals surface area contributed by atoms with E-state index >= 15 is 0 Å². The minimum absolute atomic E-state index is 0.208. The SMILES string of the molecule is CCCNC(=O)c1ccccc1NC(=O)CS(=O)(=O)Cc1ccccc1. The van der Waals surface area contributed by atoms with Crippen molar-refractivity contribution in [3.05, 3.63) is 65.7 Å². The highest BCUT2D eigenvalue weighted by Gasteiger charge is 2.19. The summed E-state index contributed by atoms with van der Waals surface area (Å²) in [4.78, 5) is 24.3. The molecule has 0 saturated heterocycles. The Labute approximate surface area is 153 Å². The summed E-state index contributed by atoms with van der Waals surface area (Å²) in [6, 6.07) is 15.2. The molecule has 0 heterocycles. The van der Waals surface area contributed by atoms with E-state index in [1.807, 2.05) is 6.92 Å². The first-order valence-electron chi connectivity index (χ1n) is 8.32. The molecule has 2 aromatic carbocycles. The number of anilines is 1. The molecule has 0 spiro atoms. The average molecular weight is 374 g/mol. The molecule has 2 amide bonds. The molecule has 0 aliphatic carbocycles. The van der Waals surface area contributed by atoms with Crippen LogP contribution < -0.4 is 10.6 Å². The highest BCUT2D eigenvalue weighted by Crippen LogP contribution is 2.15. The molecular weight excluding hydrogens is 352 g/mol. The van der Waals surface area contributed by atoms with Crippen molar-refractivity contribution in [2.45, 2.75) is 19.1 Å². The maximum absolute atomic E-state index is 12.2. The fourth-order valence-electron chi connectivity index (χ4n) is 2.39. The van der Waals surface area contributed by atoms with Gasteiger partial charge in [0, 0.05) is 6.54 Å². The van der Waals surface area contributed by atoms with E-state index in [1.54, 1.807) is 54.6 Å². The van der Waals surface area contributed by atoms with Crippen LogP contribution in [0.5, 0.6) is 0 Å². The number of hydrogen-bond donors (Lipinski definition) is 2. The number of amides is 2. The lowest BCUT2D eigenvalue weighted by Gasteiger charge is -2.11. The number of nitrogens with one attached hydrogen (secondary N) is 2. The Balaban J connectivity index is 2.05. The summed E-state index contributed by atoms with van der Waals surface area (Å²) in [6.45, 7) is 2.46. The van der Waals surface area contributed by atoms with Crippen LogP contribution in [0.2, 0.25) is 0 Å². The van der Waals surface area contributed by atoms with Crippen molar-refractivity contribution < 1.29 is 18.0 Å². The van der Waals surface area contributed by atoms with Crippen molar-refractivity contribution in [2.75, 3.05) is 17.6 Å². The van der Waals surface area contributed by atoms with Crippen molar-refractivity contribution in [3.8, 4) is 0 Å². The minimum Gasteiger partial charge on any atom is -0.352 e. The van der Waals surface area contributed by atoms with Crippen LogP contribution in [-0.4, -0.2) is 32.5 Å². The van der Waals surface area contributed by atoms with Crippen molar-refractivity contribution in [1.82, 2.24) is 5.32 Å². The third kappa shape index (κ3) is 6.00. The smallest absolute Gasteiger partial charge is 0.253 e. The van der Waals surface area contributed by atoms with Crippen molar-refractivity contribution in [2.24, 2.45) is 0 Å². The van der Waals surface area contributed by atoms with Crippen LogP contribution in [0.1, 0.15) is 29.3 Å². The predicted molar refractivity (Wildman–Crippen MR) is 102 cm³/mol. The fraction of sp³-hybridized carbons (Fsp3) is 0.263. The summed E-state index contributed by atoms with van der Waals surface area (Å²) < 4.78 is 24.4. The van der Waals surface area contributed by atoms with Crippen LogP contribution >= 0.6 is 0 Å². The zero-order valence-electron chi connectivity index (χ0n) is 14.6. The van der Waals surface area contributed by atoms with Gasteiger partial charge in [0.2, 0.25) is 5.91 Å². The number of carbonyl (C=O) groups excluding carboxylic acids is 2. The Bertz CT molecular complexity index is 864. The first-order valence-corrected chi connectivity index (χ1v) is 10.1. The second-order valence-corrected chi connectivity index (χ2v) is 7.93. The third-order valence-corrected chi connectivity index (χ3v) is 5.04. The summed E-state index contributed by atoms with van der Waals surface area (Å²) >= 11 is 0. The highest BCUT2D eigenvalue weighted by molar-refractivity contribution is 7.91. The van der Waals surface area contributed by atoms with E-state index in [9.17, 15) is 18.0 Å². The second kappa shape index (κ2) is 9.15. The molecule has 26 heavy (non-hydrogen) atoms. The van der Waals surface area contributed by atoms with Crippen LogP contribution in [0.3, 0.4) is 0 Å². The van der Waals surface area contributed by atoms with Gasteiger partial charge in [0.15, 0.2) is 9.84 Å². The van der Waals surface area contributed by atoms with Gasteiger partial charge in [-0.3, -0.25) is 9.59 Å². The Morgan fingerprint density at radius 2 is 1.62 bits per heavy atom. The van der Waals surface area contributed by atoms with Gasteiger partial charge in [-0.15, -0.1) is 0 Å². The van der Waals surface area contributed by atoms with Gasteiger partial charge < -0.3 is 10.6 Å². The molecule has 0 bridgehead atoms. The Morgan fingerprint density at radius 3 is 2.31 bits per heavy atom. The van der Waals surface area contributed by atoms with Gasteiger partial charge in [0.1, 0.15) is 5.75 Å². The van der Waals surface area contributed by atoms with Crippen LogP contribution in [0.15, 0.2) is 54.6 Å². The van der Waals surface area contributed by atoms with Crippen LogP contribution in [0.4, 0.5) is 5.69 Å². The quantitative estimate of drug-likeness (QED) is 0.742. The van der Waals surface area contributed by atoms with Crippen LogP contribution in [-0.2, 0) is 20.4 Å². The van der Waals surface area contributed by atoms with Gasteiger partial charge >= 0.3 is 0 Å². The number of sulfone groups is 1. The third-order valence-electron chi connectivity index (χ3n) is 3.56. The molecule has 0 fully saturated rings. The fourth-order valence-corrected chi connectivity index (χ4v) is 3.66. The zero-order valence-corrected chi connectivity index (χ0v) is 15.4.